The average molecular weight is 383 g/mol. The van der Waals surface area contributed by atoms with Crippen LogP contribution in [0.2, 0.25) is 0 Å². The van der Waals surface area contributed by atoms with Crippen molar-refractivity contribution in [3.05, 3.63) is 68.7 Å². The number of hydrogen-bond acceptors (Lipinski definition) is 2. The van der Waals surface area contributed by atoms with Crippen molar-refractivity contribution in [1.29, 1.82) is 0 Å². The summed E-state index contributed by atoms with van der Waals surface area (Å²) in [5.74, 6) is -4.02. The van der Waals surface area contributed by atoms with Gasteiger partial charge < -0.3 is 4.74 Å². The highest BCUT2D eigenvalue weighted by Gasteiger charge is 2.38. The van der Waals surface area contributed by atoms with Crippen LogP contribution in [0.25, 0.3) is 0 Å². The molecule has 122 valence electrons. The molecule has 2 aromatic carbocycles. The largest absolute Gasteiger partial charge is 0.462 e. The predicted octanol–water partition coefficient (Wildman–Crippen LogP) is 5.38. The molecule has 0 heterocycles. The number of aryl methyl sites for hydroxylation is 2. The number of hydrogen-bond donors (Lipinski definition) is 0. The summed E-state index contributed by atoms with van der Waals surface area (Å²) in [6, 6.07) is 8.62. The molecule has 0 bridgehead atoms. The van der Waals surface area contributed by atoms with Crippen LogP contribution < -0.4 is 0 Å². The van der Waals surface area contributed by atoms with Crippen molar-refractivity contribution in [2.45, 2.75) is 26.7 Å². The zero-order valence-electron chi connectivity index (χ0n) is 13.1. The molecule has 0 aliphatic carbocycles. The first-order valence-electron chi connectivity index (χ1n) is 7.20. The first-order chi connectivity index (χ1) is 10.8. The van der Waals surface area contributed by atoms with Gasteiger partial charge in [0.2, 0.25) is 0 Å². The maximum Gasteiger partial charge on any atom is 0.338 e. The minimum Gasteiger partial charge on any atom is -0.462 e. The number of esters is 1. The van der Waals surface area contributed by atoms with E-state index < -0.39 is 11.9 Å². The van der Waals surface area contributed by atoms with Crippen molar-refractivity contribution in [2.75, 3.05) is 6.61 Å². The van der Waals surface area contributed by atoms with Crippen LogP contribution in [0, 0.1) is 13.8 Å². The van der Waals surface area contributed by atoms with Gasteiger partial charge in [0.1, 0.15) is 0 Å². The second-order valence-corrected chi connectivity index (χ2v) is 6.20. The van der Waals surface area contributed by atoms with E-state index in [1.165, 1.54) is 24.3 Å². The van der Waals surface area contributed by atoms with Crippen LogP contribution in [-0.4, -0.2) is 12.6 Å². The maximum absolute atomic E-state index is 15.0. The highest BCUT2D eigenvalue weighted by atomic mass is 79.9. The molecular formula is C18H17BrF2O2. The lowest BCUT2D eigenvalue weighted by Gasteiger charge is -2.21. The third-order valence-electron chi connectivity index (χ3n) is 3.67. The van der Waals surface area contributed by atoms with Crippen LogP contribution in [0.3, 0.4) is 0 Å². The SMILES string of the molecule is CCOC(=O)c1cc(C)c(C)cc1C(F)(F)c1ccc(Br)cc1. The van der Waals surface area contributed by atoms with Crippen LogP contribution in [0.5, 0.6) is 0 Å². The van der Waals surface area contributed by atoms with Crippen LogP contribution in [-0.2, 0) is 10.7 Å². The fourth-order valence-electron chi connectivity index (χ4n) is 2.27. The maximum atomic E-state index is 15.0. The van der Waals surface area contributed by atoms with E-state index in [-0.39, 0.29) is 23.3 Å². The fourth-order valence-corrected chi connectivity index (χ4v) is 2.53. The topological polar surface area (TPSA) is 26.3 Å². The van der Waals surface area contributed by atoms with Crippen molar-refractivity contribution in [3.8, 4) is 0 Å². The Balaban J connectivity index is 2.62. The summed E-state index contributed by atoms with van der Waals surface area (Å²) >= 11 is 3.23. The summed E-state index contributed by atoms with van der Waals surface area (Å²) in [7, 11) is 0. The van der Waals surface area contributed by atoms with Gasteiger partial charge in [0, 0.05) is 15.6 Å². The number of ether oxygens (including phenoxy) is 1. The molecule has 0 spiro atoms. The summed E-state index contributed by atoms with van der Waals surface area (Å²) in [5.41, 5.74) is 0.868. The standard InChI is InChI=1S/C18H17BrF2O2/c1-4-23-17(22)15-9-11(2)12(3)10-16(15)18(20,21)13-5-7-14(19)8-6-13/h5-10H,4H2,1-3H3. The second kappa shape index (κ2) is 6.79. The molecule has 0 aromatic heterocycles. The van der Waals surface area contributed by atoms with Crippen LogP contribution in [0.1, 0.15) is 39.5 Å². The van der Waals surface area contributed by atoms with E-state index in [1.807, 2.05) is 0 Å². The number of benzene rings is 2. The minimum atomic E-state index is -3.29. The van der Waals surface area contributed by atoms with Crippen LogP contribution in [0.15, 0.2) is 40.9 Å². The van der Waals surface area contributed by atoms with Crippen molar-refractivity contribution >= 4 is 21.9 Å². The molecule has 0 aliphatic heterocycles. The molecule has 0 unspecified atom stereocenters. The van der Waals surface area contributed by atoms with Gasteiger partial charge in [0.15, 0.2) is 0 Å². The van der Waals surface area contributed by atoms with Crippen molar-refractivity contribution in [1.82, 2.24) is 0 Å². The Labute approximate surface area is 142 Å². The summed E-state index contributed by atoms with van der Waals surface area (Å²) in [6.07, 6.45) is 0. The van der Waals surface area contributed by atoms with Gasteiger partial charge in [-0.25, -0.2) is 4.79 Å². The minimum absolute atomic E-state index is 0.0946. The van der Waals surface area contributed by atoms with Crippen molar-refractivity contribution in [3.63, 3.8) is 0 Å². The average Bonchev–Trinajstić information content (AvgIpc) is 2.50. The van der Waals surface area contributed by atoms with Gasteiger partial charge in [-0.15, -0.1) is 0 Å². The normalized spacial score (nSPS) is 11.4. The number of carbonyl (C=O) groups excluding carboxylic acids is 1. The molecule has 2 nitrogen and oxygen atoms in total. The monoisotopic (exact) mass is 382 g/mol. The van der Waals surface area contributed by atoms with Crippen LogP contribution in [0.4, 0.5) is 8.78 Å². The quantitative estimate of drug-likeness (QED) is 0.663. The Morgan fingerprint density at radius 3 is 2.26 bits per heavy atom. The molecule has 0 radical (unpaired) electrons. The third kappa shape index (κ3) is 3.61. The van der Waals surface area contributed by atoms with Gasteiger partial charge >= 0.3 is 5.97 Å². The molecular weight excluding hydrogens is 366 g/mol. The number of alkyl halides is 2. The molecule has 5 heteroatoms. The highest BCUT2D eigenvalue weighted by Crippen LogP contribution is 2.39. The summed E-state index contributed by atoms with van der Waals surface area (Å²) < 4.78 is 35.6. The van der Waals surface area contributed by atoms with E-state index in [2.05, 4.69) is 15.9 Å². The molecule has 0 aliphatic rings. The van der Waals surface area contributed by atoms with Gasteiger partial charge in [-0.2, -0.15) is 8.78 Å². The lowest BCUT2D eigenvalue weighted by molar-refractivity contribution is 0.0357. The summed E-state index contributed by atoms with van der Waals surface area (Å²) in [6.45, 7) is 5.30. The second-order valence-electron chi connectivity index (χ2n) is 5.28. The first kappa shape index (κ1) is 17.6. The molecule has 0 fully saturated rings. The van der Waals surface area contributed by atoms with Gasteiger partial charge in [0.05, 0.1) is 12.2 Å². The van der Waals surface area contributed by atoms with Gasteiger partial charge in [-0.3, -0.25) is 0 Å². The van der Waals surface area contributed by atoms with Crippen molar-refractivity contribution in [2.24, 2.45) is 0 Å². The molecule has 2 aromatic rings. The third-order valence-corrected chi connectivity index (χ3v) is 4.20. The fraction of sp³-hybridized carbons (Fsp3) is 0.278. The highest BCUT2D eigenvalue weighted by molar-refractivity contribution is 9.10. The lowest BCUT2D eigenvalue weighted by atomic mass is 9.92. The summed E-state index contributed by atoms with van der Waals surface area (Å²) in [5, 5.41) is 0. The van der Waals surface area contributed by atoms with Gasteiger partial charge in [0.25, 0.3) is 5.92 Å². The Bertz CT molecular complexity index is 725. The molecule has 0 amide bonds. The Hall–Kier alpha value is -1.75. The smallest absolute Gasteiger partial charge is 0.338 e. The summed E-state index contributed by atoms with van der Waals surface area (Å²) in [4.78, 5) is 12.1. The Morgan fingerprint density at radius 2 is 1.70 bits per heavy atom. The van der Waals surface area contributed by atoms with Gasteiger partial charge in [-0.05, 0) is 56.2 Å². The van der Waals surface area contributed by atoms with E-state index in [0.717, 1.165) is 5.56 Å². The van der Waals surface area contributed by atoms with E-state index in [1.54, 1.807) is 32.9 Å². The molecule has 2 rings (SSSR count). The zero-order valence-corrected chi connectivity index (χ0v) is 14.7. The molecule has 0 atom stereocenters. The van der Waals surface area contributed by atoms with Gasteiger partial charge in [-0.1, -0.05) is 28.1 Å². The van der Waals surface area contributed by atoms with E-state index >= 15 is 0 Å². The number of carbonyl (C=O) groups is 1. The Morgan fingerprint density at radius 1 is 1.13 bits per heavy atom. The first-order valence-corrected chi connectivity index (χ1v) is 7.99. The predicted molar refractivity (Wildman–Crippen MR) is 89.0 cm³/mol. The molecule has 0 N–H and O–H groups in total. The number of halogens is 3. The van der Waals surface area contributed by atoms with E-state index in [4.69, 9.17) is 4.74 Å². The van der Waals surface area contributed by atoms with Crippen molar-refractivity contribution < 1.29 is 18.3 Å². The van der Waals surface area contributed by atoms with E-state index in [0.29, 0.717) is 10.0 Å². The Kier molecular flexibility index (Phi) is 5.19. The van der Waals surface area contributed by atoms with E-state index in [9.17, 15) is 13.6 Å². The lowest BCUT2D eigenvalue weighted by Crippen LogP contribution is -2.21. The molecule has 0 saturated heterocycles. The molecule has 23 heavy (non-hydrogen) atoms. The van der Waals surface area contributed by atoms with Crippen LogP contribution >= 0.6 is 15.9 Å². The number of rotatable bonds is 4. The zero-order chi connectivity index (χ0) is 17.2. The molecule has 0 saturated carbocycles.